The number of hydrogen-bond acceptors (Lipinski definition) is 1. The minimum atomic E-state index is 0.135. The van der Waals surface area contributed by atoms with Gasteiger partial charge >= 0.3 is 0 Å². The van der Waals surface area contributed by atoms with Gasteiger partial charge in [-0.2, -0.15) is 0 Å². The Morgan fingerprint density at radius 1 is 1.20 bits per heavy atom. The number of hydrogen-bond donors (Lipinski definition) is 0. The van der Waals surface area contributed by atoms with Crippen molar-refractivity contribution in [3.8, 4) is 0 Å². The Morgan fingerprint density at radius 3 is 2.40 bits per heavy atom. The highest BCUT2D eigenvalue weighted by Gasteiger charge is 2.24. The van der Waals surface area contributed by atoms with Crippen LogP contribution in [0.5, 0.6) is 0 Å². The molecule has 3 heteroatoms. The van der Waals surface area contributed by atoms with Gasteiger partial charge in [-0.05, 0) is 30.2 Å². The van der Waals surface area contributed by atoms with Crippen molar-refractivity contribution >= 4 is 34.5 Å². The lowest BCUT2D eigenvalue weighted by molar-refractivity contribution is 0.448. The molecule has 1 aliphatic carbocycles. The molecular weight excluding hydrogens is 247 g/mol. The average Bonchev–Trinajstić information content (AvgIpc) is 2.53. The smallest absolute Gasteiger partial charge is 0.0721 e. The second-order valence-electron chi connectivity index (χ2n) is 4.29. The molecule has 1 heterocycles. The zero-order valence-corrected chi connectivity index (χ0v) is 11.0. The van der Waals surface area contributed by atoms with Gasteiger partial charge in [-0.15, -0.1) is 22.9 Å². The molecule has 0 nitrogen and oxygen atoms in total. The molecular formula is C12H16Cl2S. The molecule has 0 aromatic carbocycles. The molecule has 1 aliphatic rings. The van der Waals surface area contributed by atoms with E-state index in [4.69, 9.17) is 23.2 Å². The zero-order chi connectivity index (χ0) is 10.7. The minimum absolute atomic E-state index is 0.135. The van der Waals surface area contributed by atoms with Crippen molar-refractivity contribution < 1.29 is 0 Å². The van der Waals surface area contributed by atoms with Gasteiger partial charge < -0.3 is 0 Å². The highest BCUT2D eigenvalue weighted by atomic mass is 35.5. The Labute approximate surface area is 106 Å². The standard InChI is InChI=1S/C12H16Cl2S/c13-10-7-8-15-12(10)11(14)9-5-3-1-2-4-6-9/h7-9,11H,1-6H2. The van der Waals surface area contributed by atoms with Gasteiger partial charge in [0.2, 0.25) is 0 Å². The largest absolute Gasteiger partial charge is 0.146 e. The van der Waals surface area contributed by atoms with Gasteiger partial charge in [0.1, 0.15) is 0 Å². The van der Waals surface area contributed by atoms with Crippen molar-refractivity contribution in [1.82, 2.24) is 0 Å². The first kappa shape index (κ1) is 11.8. The molecule has 1 atom stereocenters. The molecule has 0 N–H and O–H groups in total. The topological polar surface area (TPSA) is 0 Å². The van der Waals surface area contributed by atoms with Crippen LogP contribution in [-0.2, 0) is 0 Å². The van der Waals surface area contributed by atoms with Gasteiger partial charge in [0, 0.05) is 4.88 Å². The predicted molar refractivity (Wildman–Crippen MR) is 69.1 cm³/mol. The molecule has 0 radical (unpaired) electrons. The lowest BCUT2D eigenvalue weighted by Gasteiger charge is -2.19. The fourth-order valence-electron chi connectivity index (χ4n) is 2.32. The van der Waals surface area contributed by atoms with Crippen molar-refractivity contribution in [3.63, 3.8) is 0 Å². The number of thiophene rings is 1. The molecule has 1 aromatic heterocycles. The summed E-state index contributed by atoms with van der Waals surface area (Å²) in [7, 11) is 0. The lowest BCUT2D eigenvalue weighted by Crippen LogP contribution is -2.06. The summed E-state index contributed by atoms with van der Waals surface area (Å²) >= 11 is 14.3. The van der Waals surface area contributed by atoms with Crippen LogP contribution in [0.4, 0.5) is 0 Å². The van der Waals surface area contributed by atoms with Crippen LogP contribution in [-0.4, -0.2) is 0 Å². The zero-order valence-electron chi connectivity index (χ0n) is 8.72. The van der Waals surface area contributed by atoms with Crippen LogP contribution in [0.15, 0.2) is 11.4 Å². The van der Waals surface area contributed by atoms with Crippen molar-refractivity contribution in [2.75, 3.05) is 0 Å². The van der Waals surface area contributed by atoms with Gasteiger partial charge in [-0.25, -0.2) is 0 Å². The normalized spacial score (nSPS) is 21.2. The summed E-state index contributed by atoms with van der Waals surface area (Å²) in [5, 5.41) is 3.02. The summed E-state index contributed by atoms with van der Waals surface area (Å²) in [6.45, 7) is 0. The summed E-state index contributed by atoms with van der Waals surface area (Å²) in [5.41, 5.74) is 0. The van der Waals surface area contributed by atoms with Crippen molar-refractivity contribution in [2.24, 2.45) is 5.92 Å². The van der Waals surface area contributed by atoms with Crippen molar-refractivity contribution in [3.05, 3.63) is 21.3 Å². The van der Waals surface area contributed by atoms with E-state index in [0.717, 1.165) is 5.02 Å². The van der Waals surface area contributed by atoms with Gasteiger partial charge in [-0.1, -0.05) is 37.3 Å². The molecule has 1 fully saturated rings. The number of rotatable bonds is 2. The Hall–Kier alpha value is 0.280. The van der Waals surface area contributed by atoms with Crippen molar-refractivity contribution in [1.29, 1.82) is 0 Å². The molecule has 0 bridgehead atoms. The molecule has 0 aliphatic heterocycles. The Balaban J connectivity index is 2.06. The molecule has 84 valence electrons. The molecule has 2 rings (SSSR count). The van der Waals surface area contributed by atoms with E-state index in [2.05, 4.69) is 0 Å². The van der Waals surface area contributed by atoms with E-state index >= 15 is 0 Å². The van der Waals surface area contributed by atoms with E-state index in [1.165, 1.54) is 43.4 Å². The van der Waals surface area contributed by atoms with Gasteiger partial charge in [-0.3, -0.25) is 0 Å². The number of halogens is 2. The van der Waals surface area contributed by atoms with E-state index in [1.807, 2.05) is 11.4 Å². The molecule has 1 aromatic rings. The fourth-order valence-corrected chi connectivity index (χ4v) is 4.14. The van der Waals surface area contributed by atoms with Crippen LogP contribution < -0.4 is 0 Å². The van der Waals surface area contributed by atoms with Gasteiger partial charge in [0.25, 0.3) is 0 Å². The molecule has 0 saturated heterocycles. The fraction of sp³-hybridized carbons (Fsp3) is 0.667. The van der Waals surface area contributed by atoms with Crippen molar-refractivity contribution in [2.45, 2.75) is 43.9 Å². The van der Waals surface area contributed by atoms with E-state index in [9.17, 15) is 0 Å². The second kappa shape index (κ2) is 5.56. The van der Waals surface area contributed by atoms with E-state index < -0.39 is 0 Å². The molecule has 15 heavy (non-hydrogen) atoms. The van der Waals surface area contributed by atoms with E-state index in [0.29, 0.717) is 5.92 Å². The Morgan fingerprint density at radius 2 is 1.87 bits per heavy atom. The minimum Gasteiger partial charge on any atom is -0.146 e. The van der Waals surface area contributed by atoms with Crippen LogP contribution >= 0.6 is 34.5 Å². The maximum absolute atomic E-state index is 6.53. The highest BCUT2D eigenvalue weighted by molar-refractivity contribution is 7.11. The van der Waals surface area contributed by atoms with Crippen LogP contribution in [0.3, 0.4) is 0 Å². The maximum atomic E-state index is 6.53. The first-order chi connectivity index (χ1) is 7.29. The molecule has 1 unspecified atom stereocenters. The van der Waals surface area contributed by atoms with Crippen LogP contribution in [0.1, 0.15) is 48.8 Å². The molecule has 1 saturated carbocycles. The first-order valence-corrected chi connectivity index (χ1v) is 7.35. The third-order valence-corrected chi connectivity index (χ3v) is 5.35. The van der Waals surface area contributed by atoms with E-state index in [-0.39, 0.29) is 5.38 Å². The first-order valence-electron chi connectivity index (χ1n) is 5.66. The highest BCUT2D eigenvalue weighted by Crippen LogP contribution is 2.42. The SMILES string of the molecule is Clc1ccsc1C(Cl)C1CCCCCC1. The summed E-state index contributed by atoms with van der Waals surface area (Å²) < 4.78 is 0. The van der Waals surface area contributed by atoms with Crippen LogP contribution in [0.2, 0.25) is 5.02 Å². The Bertz CT molecular complexity index is 300. The average molecular weight is 263 g/mol. The van der Waals surface area contributed by atoms with E-state index in [1.54, 1.807) is 11.3 Å². The number of alkyl halides is 1. The molecule has 0 spiro atoms. The second-order valence-corrected chi connectivity index (χ2v) is 6.11. The summed E-state index contributed by atoms with van der Waals surface area (Å²) in [6.07, 6.45) is 7.94. The summed E-state index contributed by atoms with van der Waals surface area (Å²) in [6, 6.07) is 1.95. The van der Waals surface area contributed by atoms with Gasteiger partial charge in [0.15, 0.2) is 0 Å². The summed E-state index contributed by atoms with van der Waals surface area (Å²) in [5.74, 6) is 0.630. The van der Waals surface area contributed by atoms with Crippen LogP contribution in [0, 0.1) is 5.92 Å². The summed E-state index contributed by atoms with van der Waals surface area (Å²) in [4.78, 5) is 1.17. The van der Waals surface area contributed by atoms with Gasteiger partial charge in [0.05, 0.1) is 10.4 Å². The third-order valence-electron chi connectivity index (χ3n) is 3.21. The quantitative estimate of drug-likeness (QED) is 0.477. The third kappa shape index (κ3) is 2.89. The monoisotopic (exact) mass is 262 g/mol. The maximum Gasteiger partial charge on any atom is 0.0721 e. The molecule has 0 amide bonds. The van der Waals surface area contributed by atoms with Crippen LogP contribution in [0.25, 0.3) is 0 Å². The predicted octanol–water partition coefficient (Wildman–Crippen LogP) is 5.65. The lowest BCUT2D eigenvalue weighted by atomic mass is 9.95. The Kier molecular flexibility index (Phi) is 4.36.